The third-order valence-corrected chi connectivity index (χ3v) is 3.83. The number of primary amides is 1. The van der Waals surface area contributed by atoms with Crippen molar-refractivity contribution in [3.63, 3.8) is 0 Å². The maximum atomic E-state index is 12.7. The number of amides is 1. The number of hydrogen-bond donors (Lipinski definition) is 2. The topological polar surface area (TPSA) is 64.4 Å². The monoisotopic (exact) mass is 280 g/mol. The summed E-state index contributed by atoms with van der Waals surface area (Å²) in [7, 11) is 0. The number of nitrogens with one attached hydrogen (secondary N) is 1. The SMILES string of the molecule is NC(=O)C1(NCCOc2ccc(F)cc2)CCCCC1. The molecule has 3 N–H and O–H groups in total. The highest BCUT2D eigenvalue weighted by Gasteiger charge is 2.36. The van der Waals surface area contributed by atoms with Crippen LogP contribution in [0.2, 0.25) is 0 Å². The van der Waals surface area contributed by atoms with Gasteiger partial charge in [0.2, 0.25) is 5.91 Å². The number of nitrogens with two attached hydrogens (primary N) is 1. The first-order chi connectivity index (χ1) is 9.62. The minimum atomic E-state index is -0.579. The quantitative estimate of drug-likeness (QED) is 0.783. The molecule has 110 valence electrons. The van der Waals surface area contributed by atoms with E-state index < -0.39 is 5.54 Å². The fourth-order valence-electron chi connectivity index (χ4n) is 2.66. The molecule has 20 heavy (non-hydrogen) atoms. The highest BCUT2D eigenvalue weighted by Crippen LogP contribution is 2.27. The predicted molar refractivity (Wildman–Crippen MR) is 74.9 cm³/mol. The molecule has 0 aliphatic heterocycles. The lowest BCUT2D eigenvalue weighted by atomic mass is 9.81. The zero-order valence-corrected chi connectivity index (χ0v) is 11.5. The average Bonchev–Trinajstić information content (AvgIpc) is 2.46. The summed E-state index contributed by atoms with van der Waals surface area (Å²) in [6.45, 7) is 0.959. The number of halogens is 1. The average molecular weight is 280 g/mol. The van der Waals surface area contributed by atoms with E-state index in [2.05, 4.69) is 5.32 Å². The molecule has 5 heteroatoms. The molecule has 1 amide bonds. The van der Waals surface area contributed by atoms with Gasteiger partial charge in [0.15, 0.2) is 0 Å². The summed E-state index contributed by atoms with van der Waals surface area (Å²) in [5, 5.41) is 3.24. The summed E-state index contributed by atoms with van der Waals surface area (Å²) >= 11 is 0. The van der Waals surface area contributed by atoms with E-state index in [4.69, 9.17) is 10.5 Å². The molecule has 0 heterocycles. The van der Waals surface area contributed by atoms with E-state index in [9.17, 15) is 9.18 Å². The lowest BCUT2D eigenvalue weighted by Crippen LogP contribution is -2.57. The molecule has 0 saturated heterocycles. The number of carbonyl (C=O) groups excluding carboxylic acids is 1. The Balaban J connectivity index is 1.79. The van der Waals surface area contributed by atoms with Gasteiger partial charge in [0.05, 0.1) is 5.54 Å². The molecule has 0 atom stereocenters. The van der Waals surface area contributed by atoms with Crippen LogP contribution in [0.25, 0.3) is 0 Å². The fraction of sp³-hybridized carbons (Fsp3) is 0.533. The molecule has 0 bridgehead atoms. The summed E-state index contributed by atoms with van der Waals surface area (Å²) in [5.41, 5.74) is 4.95. The summed E-state index contributed by atoms with van der Waals surface area (Å²) < 4.78 is 18.2. The molecule has 1 aromatic rings. The van der Waals surface area contributed by atoms with Gasteiger partial charge in [0, 0.05) is 6.54 Å². The number of rotatable bonds is 6. The first-order valence-electron chi connectivity index (χ1n) is 7.06. The van der Waals surface area contributed by atoms with Crippen molar-refractivity contribution in [2.24, 2.45) is 5.73 Å². The van der Waals surface area contributed by atoms with Gasteiger partial charge < -0.3 is 10.5 Å². The minimum Gasteiger partial charge on any atom is -0.492 e. The Labute approximate surface area is 118 Å². The van der Waals surface area contributed by atoms with Crippen LogP contribution in [-0.4, -0.2) is 24.6 Å². The summed E-state index contributed by atoms with van der Waals surface area (Å²) in [4.78, 5) is 11.7. The number of hydrogen-bond acceptors (Lipinski definition) is 3. The van der Waals surface area contributed by atoms with E-state index in [0.29, 0.717) is 18.9 Å². The van der Waals surface area contributed by atoms with Crippen molar-refractivity contribution in [3.8, 4) is 5.75 Å². The van der Waals surface area contributed by atoms with E-state index in [-0.39, 0.29) is 11.7 Å². The summed E-state index contributed by atoms with van der Waals surface area (Å²) in [5.74, 6) is 0.0503. The van der Waals surface area contributed by atoms with Crippen LogP contribution in [0.1, 0.15) is 32.1 Å². The van der Waals surface area contributed by atoms with Crippen LogP contribution in [0.15, 0.2) is 24.3 Å². The van der Waals surface area contributed by atoms with Crippen molar-refractivity contribution in [2.45, 2.75) is 37.6 Å². The van der Waals surface area contributed by atoms with E-state index in [1.807, 2.05) is 0 Å². The molecular weight excluding hydrogens is 259 g/mol. The van der Waals surface area contributed by atoms with E-state index in [0.717, 1.165) is 32.1 Å². The lowest BCUT2D eigenvalue weighted by Gasteiger charge is -2.35. The Morgan fingerprint density at radius 3 is 2.50 bits per heavy atom. The highest BCUT2D eigenvalue weighted by molar-refractivity contribution is 5.84. The Hall–Kier alpha value is -1.62. The van der Waals surface area contributed by atoms with Crippen molar-refractivity contribution in [1.29, 1.82) is 0 Å². The lowest BCUT2D eigenvalue weighted by molar-refractivity contribution is -0.125. The molecule has 1 saturated carbocycles. The Morgan fingerprint density at radius 2 is 1.90 bits per heavy atom. The second-order valence-corrected chi connectivity index (χ2v) is 5.24. The maximum Gasteiger partial charge on any atom is 0.237 e. The van der Waals surface area contributed by atoms with Gasteiger partial charge in [-0.2, -0.15) is 0 Å². The number of ether oxygens (including phenoxy) is 1. The number of carbonyl (C=O) groups is 1. The Kier molecular flexibility index (Phi) is 4.95. The molecule has 0 aromatic heterocycles. The van der Waals surface area contributed by atoms with E-state index in [1.165, 1.54) is 12.1 Å². The third kappa shape index (κ3) is 3.70. The largest absolute Gasteiger partial charge is 0.492 e. The highest BCUT2D eigenvalue weighted by atomic mass is 19.1. The van der Waals surface area contributed by atoms with Crippen LogP contribution in [0.3, 0.4) is 0 Å². The molecule has 0 unspecified atom stereocenters. The summed E-state index contributed by atoms with van der Waals surface area (Å²) in [6.07, 6.45) is 4.78. The normalized spacial score (nSPS) is 17.6. The van der Waals surface area contributed by atoms with Crippen molar-refractivity contribution in [3.05, 3.63) is 30.1 Å². The molecule has 2 rings (SSSR count). The van der Waals surface area contributed by atoms with Gasteiger partial charge in [-0.25, -0.2) is 4.39 Å². The van der Waals surface area contributed by atoms with Gasteiger partial charge >= 0.3 is 0 Å². The first-order valence-corrected chi connectivity index (χ1v) is 7.06. The first kappa shape index (κ1) is 14.8. The van der Waals surface area contributed by atoms with Crippen LogP contribution in [0.5, 0.6) is 5.75 Å². The molecule has 1 aromatic carbocycles. The minimum absolute atomic E-state index is 0.279. The smallest absolute Gasteiger partial charge is 0.237 e. The second-order valence-electron chi connectivity index (χ2n) is 5.24. The third-order valence-electron chi connectivity index (χ3n) is 3.83. The van der Waals surface area contributed by atoms with E-state index >= 15 is 0 Å². The standard InChI is InChI=1S/C15H21FN2O2/c16-12-4-6-13(7-5-12)20-11-10-18-15(14(17)19)8-2-1-3-9-15/h4-7,18H,1-3,8-11H2,(H2,17,19). The number of benzene rings is 1. The van der Waals surface area contributed by atoms with Crippen LogP contribution in [-0.2, 0) is 4.79 Å². The second kappa shape index (κ2) is 6.70. The predicted octanol–water partition coefficient (Wildman–Crippen LogP) is 1.98. The zero-order chi connectivity index (χ0) is 14.4. The molecule has 0 radical (unpaired) electrons. The van der Waals surface area contributed by atoms with Gasteiger partial charge in [0.25, 0.3) is 0 Å². The molecule has 1 aliphatic carbocycles. The molecule has 1 fully saturated rings. The van der Waals surface area contributed by atoms with Crippen molar-refractivity contribution < 1.29 is 13.9 Å². The van der Waals surface area contributed by atoms with Gasteiger partial charge in [0.1, 0.15) is 18.2 Å². The van der Waals surface area contributed by atoms with Gasteiger partial charge in [-0.1, -0.05) is 19.3 Å². The molecule has 0 spiro atoms. The van der Waals surface area contributed by atoms with Crippen LogP contribution >= 0.6 is 0 Å². The van der Waals surface area contributed by atoms with Crippen LogP contribution < -0.4 is 15.8 Å². The fourth-order valence-corrected chi connectivity index (χ4v) is 2.66. The van der Waals surface area contributed by atoms with Crippen molar-refractivity contribution >= 4 is 5.91 Å². The van der Waals surface area contributed by atoms with Crippen LogP contribution in [0.4, 0.5) is 4.39 Å². The molecule has 4 nitrogen and oxygen atoms in total. The summed E-state index contributed by atoms with van der Waals surface area (Å²) in [6, 6.07) is 5.88. The molecular formula is C15H21FN2O2. The van der Waals surface area contributed by atoms with Crippen molar-refractivity contribution in [2.75, 3.05) is 13.2 Å². The van der Waals surface area contributed by atoms with Crippen molar-refractivity contribution in [1.82, 2.24) is 5.32 Å². The Morgan fingerprint density at radius 1 is 1.25 bits per heavy atom. The van der Waals surface area contributed by atoms with Crippen LogP contribution in [0, 0.1) is 5.82 Å². The van der Waals surface area contributed by atoms with E-state index in [1.54, 1.807) is 12.1 Å². The molecule has 1 aliphatic rings. The van der Waals surface area contributed by atoms with Gasteiger partial charge in [-0.3, -0.25) is 10.1 Å². The van der Waals surface area contributed by atoms with Gasteiger partial charge in [-0.05, 0) is 37.1 Å². The zero-order valence-electron chi connectivity index (χ0n) is 11.5. The Bertz CT molecular complexity index is 442. The van der Waals surface area contributed by atoms with Gasteiger partial charge in [-0.15, -0.1) is 0 Å². The maximum absolute atomic E-state index is 12.7.